The van der Waals surface area contributed by atoms with E-state index in [4.69, 9.17) is 0 Å². The molecule has 0 saturated heterocycles. The Bertz CT molecular complexity index is 512. The van der Waals surface area contributed by atoms with E-state index in [9.17, 15) is 8.42 Å². The Morgan fingerprint density at radius 1 is 1.32 bits per heavy atom. The van der Waals surface area contributed by atoms with Crippen molar-refractivity contribution >= 4 is 26.0 Å². The van der Waals surface area contributed by atoms with Gasteiger partial charge in [0.15, 0.2) is 0 Å². The van der Waals surface area contributed by atoms with Crippen molar-refractivity contribution in [2.45, 2.75) is 38.5 Å². The maximum atomic E-state index is 12.2. The Labute approximate surface area is 125 Å². The van der Waals surface area contributed by atoms with E-state index in [-0.39, 0.29) is 5.41 Å². The van der Waals surface area contributed by atoms with E-state index >= 15 is 0 Å². The zero-order valence-corrected chi connectivity index (χ0v) is 14.1. The van der Waals surface area contributed by atoms with Crippen molar-refractivity contribution in [3.8, 4) is 0 Å². The van der Waals surface area contributed by atoms with Crippen LogP contribution in [0.25, 0.3) is 0 Å². The number of aryl methyl sites for hydroxylation is 1. The molecular weight excluding hydrogens is 326 g/mol. The van der Waals surface area contributed by atoms with E-state index in [1.54, 1.807) is 18.2 Å². The molecule has 0 aliphatic heterocycles. The normalized spacial score (nSPS) is 12.6. The maximum absolute atomic E-state index is 12.2. The number of benzene rings is 1. The molecule has 19 heavy (non-hydrogen) atoms. The molecule has 1 rings (SSSR count). The van der Waals surface area contributed by atoms with Gasteiger partial charge in [-0.3, -0.25) is 0 Å². The summed E-state index contributed by atoms with van der Waals surface area (Å²) in [6.07, 6.45) is 2.02. The first-order chi connectivity index (χ1) is 8.77. The van der Waals surface area contributed by atoms with Gasteiger partial charge in [0.25, 0.3) is 0 Å². The summed E-state index contributed by atoms with van der Waals surface area (Å²) < 4.78 is 27.1. The van der Waals surface area contributed by atoms with Gasteiger partial charge in [-0.2, -0.15) is 0 Å². The van der Waals surface area contributed by atoms with Crippen molar-refractivity contribution in [3.05, 3.63) is 29.8 Å². The third kappa shape index (κ3) is 5.63. The van der Waals surface area contributed by atoms with Crippen LogP contribution >= 0.6 is 15.9 Å². The van der Waals surface area contributed by atoms with E-state index in [2.05, 4.69) is 34.5 Å². The SMILES string of the molecule is Cc1cccc(S(=O)(=O)NCC(C)(C)CCCBr)c1. The van der Waals surface area contributed by atoms with Crippen molar-refractivity contribution < 1.29 is 8.42 Å². The van der Waals surface area contributed by atoms with E-state index in [1.165, 1.54) is 0 Å². The van der Waals surface area contributed by atoms with Crippen LogP contribution in [0.5, 0.6) is 0 Å². The molecule has 0 spiro atoms. The second-order valence-electron chi connectivity index (χ2n) is 5.60. The van der Waals surface area contributed by atoms with E-state index in [0.29, 0.717) is 11.4 Å². The molecule has 0 aromatic heterocycles. The molecule has 0 aliphatic rings. The molecule has 0 atom stereocenters. The number of hydrogen-bond acceptors (Lipinski definition) is 2. The minimum Gasteiger partial charge on any atom is -0.211 e. The minimum absolute atomic E-state index is 0.0370. The average molecular weight is 348 g/mol. The molecule has 1 aromatic rings. The number of hydrogen-bond donors (Lipinski definition) is 1. The molecule has 0 aliphatic carbocycles. The first kappa shape index (κ1) is 16.7. The van der Waals surface area contributed by atoms with Gasteiger partial charge < -0.3 is 0 Å². The van der Waals surface area contributed by atoms with Crippen LogP contribution in [0.3, 0.4) is 0 Å². The van der Waals surface area contributed by atoms with Gasteiger partial charge in [-0.1, -0.05) is 41.9 Å². The van der Waals surface area contributed by atoms with Crippen molar-refractivity contribution in [2.24, 2.45) is 5.41 Å². The van der Waals surface area contributed by atoms with E-state index < -0.39 is 10.0 Å². The molecule has 108 valence electrons. The van der Waals surface area contributed by atoms with Crippen LogP contribution in [0.1, 0.15) is 32.3 Å². The number of alkyl halides is 1. The molecular formula is C14H22BrNO2S. The molecule has 0 unspecified atom stereocenters. The highest BCUT2D eigenvalue weighted by molar-refractivity contribution is 9.09. The summed E-state index contributed by atoms with van der Waals surface area (Å²) in [4.78, 5) is 0.337. The molecule has 1 aromatic carbocycles. The molecule has 0 fully saturated rings. The van der Waals surface area contributed by atoms with Crippen molar-refractivity contribution in [1.29, 1.82) is 0 Å². The third-order valence-corrected chi connectivity index (χ3v) is 4.99. The topological polar surface area (TPSA) is 46.2 Å². The van der Waals surface area contributed by atoms with Crippen LogP contribution in [0, 0.1) is 12.3 Å². The summed E-state index contributed by atoms with van der Waals surface area (Å²) in [6, 6.07) is 6.97. The average Bonchev–Trinajstić information content (AvgIpc) is 2.34. The zero-order valence-electron chi connectivity index (χ0n) is 11.7. The summed E-state index contributed by atoms with van der Waals surface area (Å²) in [7, 11) is -3.40. The first-order valence-electron chi connectivity index (χ1n) is 6.39. The second-order valence-corrected chi connectivity index (χ2v) is 8.16. The van der Waals surface area contributed by atoms with Gasteiger partial charge in [0, 0.05) is 11.9 Å². The predicted octanol–water partition coefficient (Wildman–Crippen LogP) is 3.47. The van der Waals surface area contributed by atoms with Crippen LogP contribution in [0.2, 0.25) is 0 Å². The molecule has 0 heterocycles. The van der Waals surface area contributed by atoms with Crippen molar-refractivity contribution in [3.63, 3.8) is 0 Å². The predicted molar refractivity (Wildman–Crippen MR) is 83.2 cm³/mol. The Hall–Kier alpha value is -0.390. The molecule has 0 amide bonds. The monoisotopic (exact) mass is 347 g/mol. The quantitative estimate of drug-likeness (QED) is 0.767. The number of sulfonamides is 1. The van der Waals surface area contributed by atoms with Gasteiger partial charge in [-0.15, -0.1) is 0 Å². The molecule has 3 nitrogen and oxygen atoms in total. The van der Waals surface area contributed by atoms with Gasteiger partial charge in [-0.25, -0.2) is 13.1 Å². The summed E-state index contributed by atoms with van der Waals surface area (Å²) in [5.41, 5.74) is 0.909. The van der Waals surface area contributed by atoms with E-state index in [0.717, 1.165) is 23.7 Å². The lowest BCUT2D eigenvalue weighted by atomic mass is 9.88. The van der Waals surface area contributed by atoms with Gasteiger partial charge in [0.1, 0.15) is 0 Å². The molecule has 0 bridgehead atoms. The number of rotatable bonds is 7. The van der Waals surface area contributed by atoms with Crippen molar-refractivity contribution in [2.75, 3.05) is 11.9 Å². The Balaban J connectivity index is 2.71. The highest BCUT2D eigenvalue weighted by Crippen LogP contribution is 2.22. The number of halogens is 1. The van der Waals surface area contributed by atoms with Crippen molar-refractivity contribution in [1.82, 2.24) is 4.72 Å². The van der Waals surface area contributed by atoms with E-state index in [1.807, 2.05) is 13.0 Å². The van der Waals surface area contributed by atoms with Crippen LogP contribution < -0.4 is 4.72 Å². The number of nitrogens with one attached hydrogen (secondary N) is 1. The van der Waals surface area contributed by atoms with Gasteiger partial charge in [0.05, 0.1) is 4.90 Å². The standard InChI is InChI=1S/C14H22BrNO2S/c1-12-6-4-7-13(10-12)19(17,18)16-11-14(2,3)8-5-9-15/h4,6-7,10,16H,5,8-9,11H2,1-3H3. The van der Waals surface area contributed by atoms with Gasteiger partial charge in [-0.05, 0) is 42.9 Å². The molecule has 5 heteroatoms. The first-order valence-corrected chi connectivity index (χ1v) is 9.00. The fraction of sp³-hybridized carbons (Fsp3) is 0.571. The lowest BCUT2D eigenvalue weighted by molar-refractivity contribution is 0.332. The van der Waals surface area contributed by atoms with Gasteiger partial charge in [0.2, 0.25) is 10.0 Å². The lowest BCUT2D eigenvalue weighted by Gasteiger charge is -2.24. The second kappa shape index (κ2) is 6.86. The highest BCUT2D eigenvalue weighted by Gasteiger charge is 2.21. The third-order valence-electron chi connectivity index (χ3n) is 3.03. The van der Waals surface area contributed by atoms with Crippen LogP contribution in [0.4, 0.5) is 0 Å². The molecule has 0 radical (unpaired) electrons. The largest absolute Gasteiger partial charge is 0.240 e. The summed E-state index contributed by atoms with van der Waals surface area (Å²) in [6.45, 7) is 6.50. The maximum Gasteiger partial charge on any atom is 0.240 e. The van der Waals surface area contributed by atoms with Crippen LogP contribution in [0.15, 0.2) is 29.2 Å². The summed E-state index contributed by atoms with van der Waals surface area (Å²) >= 11 is 3.40. The Morgan fingerprint density at radius 3 is 2.58 bits per heavy atom. The van der Waals surface area contributed by atoms with Crippen LogP contribution in [-0.4, -0.2) is 20.3 Å². The minimum atomic E-state index is -3.40. The zero-order chi connectivity index (χ0) is 14.5. The summed E-state index contributed by atoms with van der Waals surface area (Å²) in [5.74, 6) is 0. The molecule has 0 saturated carbocycles. The smallest absolute Gasteiger partial charge is 0.211 e. The van der Waals surface area contributed by atoms with Crippen LogP contribution in [-0.2, 0) is 10.0 Å². The fourth-order valence-electron chi connectivity index (χ4n) is 1.79. The summed E-state index contributed by atoms with van der Waals surface area (Å²) in [5, 5.41) is 0.945. The lowest BCUT2D eigenvalue weighted by Crippen LogP contribution is -2.34. The fourth-order valence-corrected chi connectivity index (χ4v) is 3.42. The Kier molecular flexibility index (Phi) is 6.02. The Morgan fingerprint density at radius 2 is 2.00 bits per heavy atom. The van der Waals surface area contributed by atoms with Gasteiger partial charge >= 0.3 is 0 Å². The highest BCUT2D eigenvalue weighted by atomic mass is 79.9. The molecule has 1 N–H and O–H groups in total.